The van der Waals surface area contributed by atoms with Gasteiger partial charge in [0, 0.05) is 12.6 Å². The average molecular weight is 164 g/mol. The van der Waals surface area contributed by atoms with Gasteiger partial charge >= 0.3 is 0 Å². The molecule has 0 bridgehead atoms. The summed E-state index contributed by atoms with van der Waals surface area (Å²) in [5, 5.41) is 14.2. The van der Waals surface area contributed by atoms with Crippen molar-refractivity contribution in [3.63, 3.8) is 0 Å². The van der Waals surface area contributed by atoms with Crippen molar-refractivity contribution in [1.29, 1.82) is 0 Å². The van der Waals surface area contributed by atoms with Crippen LogP contribution in [0.1, 0.15) is 12.8 Å². The highest BCUT2D eigenvalue weighted by Gasteiger charge is 2.06. The van der Waals surface area contributed by atoms with Crippen molar-refractivity contribution < 1.29 is 4.42 Å². The van der Waals surface area contributed by atoms with E-state index in [1.165, 1.54) is 0 Å². The molecule has 0 aromatic carbocycles. The van der Waals surface area contributed by atoms with Gasteiger partial charge < -0.3 is 4.42 Å². The summed E-state index contributed by atoms with van der Waals surface area (Å²) in [5.74, 6) is 1.13. The molecule has 12 heavy (non-hydrogen) atoms. The second-order valence-electron chi connectivity index (χ2n) is 2.32. The first-order valence-electron chi connectivity index (χ1n) is 3.72. The van der Waals surface area contributed by atoms with Gasteiger partial charge in [0.25, 0.3) is 5.89 Å². The van der Waals surface area contributed by atoms with Crippen LogP contribution in [-0.4, -0.2) is 20.4 Å². The van der Waals surface area contributed by atoms with Gasteiger partial charge in [0.1, 0.15) is 5.69 Å². The van der Waals surface area contributed by atoms with Crippen molar-refractivity contribution in [2.45, 2.75) is 13.3 Å². The topological polar surface area (TPSA) is 67.6 Å². The molecule has 0 amide bonds. The molecule has 5 heteroatoms. The Hall–Kier alpha value is -1.65. The van der Waals surface area contributed by atoms with Crippen LogP contribution in [0.4, 0.5) is 0 Å². The number of rotatable bonds is 2. The van der Waals surface area contributed by atoms with Crippen LogP contribution in [0.5, 0.6) is 0 Å². The first kappa shape index (κ1) is 7.02. The van der Waals surface area contributed by atoms with Crippen LogP contribution in [0.2, 0.25) is 0 Å². The molecule has 0 atom stereocenters. The Morgan fingerprint density at radius 1 is 1.50 bits per heavy atom. The van der Waals surface area contributed by atoms with Crippen LogP contribution >= 0.6 is 0 Å². The highest BCUT2D eigenvalue weighted by Crippen LogP contribution is 2.13. The summed E-state index contributed by atoms with van der Waals surface area (Å²) in [4.78, 5) is 0. The van der Waals surface area contributed by atoms with Gasteiger partial charge in [-0.2, -0.15) is 5.10 Å². The maximum absolute atomic E-state index is 5.28. The maximum atomic E-state index is 5.28. The van der Waals surface area contributed by atoms with Crippen molar-refractivity contribution in [2.75, 3.05) is 0 Å². The summed E-state index contributed by atoms with van der Waals surface area (Å²) < 4.78 is 5.28. The van der Waals surface area contributed by atoms with Crippen LogP contribution in [0.15, 0.2) is 16.7 Å². The lowest BCUT2D eigenvalue weighted by atomic mass is 10.4. The Morgan fingerprint density at radius 2 is 2.42 bits per heavy atom. The number of aryl methyl sites for hydroxylation is 1. The molecule has 0 aliphatic rings. The minimum Gasteiger partial charge on any atom is -0.419 e. The van der Waals surface area contributed by atoms with Crippen molar-refractivity contribution in [2.24, 2.45) is 0 Å². The fourth-order valence-corrected chi connectivity index (χ4v) is 0.880. The molecule has 0 unspecified atom stereocenters. The second kappa shape index (κ2) is 2.77. The van der Waals surface area contributed by atoms with Crippen molar-refractivity contribution in [3.05, 3.63) is 18.2 Å². The third-order valence-electron chi connectivity index (χ3n) is 1.50. The zero-order valence-corrected chi connectivity index (χ0v) is 6.61. The lowest BCUT2D eigenvalue weighted by Gasteiger charge is -1.84. The zero-order valence-electron chi connectivity index (χ0n) is 6.61. The predicted octanol–water partition coefficient (Wildman–Crippen LogP) is 1.02. The number of aromatic nitrogens is 4. The normalized spacial score (nSPS) is 10.4. The number of nitrogens with one attached hydrogen (secondary N) is 1. The largest absolute Gasteiger partial charge is 0.419 e. The molecule has 0 saturated heterocycles. The molecule has 1 N–H and O–H groups in total. The molecule has 2 aromatic heterocycles. The van der Waals surface area contributed by atoms with Crippen molar-refractivity contribution in [1.82, 2.24) is 20.4 Å². The highest BCUT2D eigenvalue weighted by molar-refractivity contribution is 5.44. The third kappa shape index (κ3) is 1.09. The first-order valence-corrected chi connectivity index (χ1v) is 3.72. The van der Waals surface area contributed by atoms with Crippen LogP contribution in [-0.2, 0) is 6.42 Å². The van der Waals surface area contributed by atoms with E-state index in [-0.39, 0.29) is 0 Å². The molecule has 0 aliphatic heterocycles. The SMILES string of the molecule is CCc1nnc(-c2ccn[nH]2)o1. The van der Waals surface area contributed by atoms with Gasteiger partial charge in [-0.15, -0.1) is 10.2 Å². The molecule has 0 spiro atoms. The maximum Gasteiger partial charge on any atom is 0.265 e. The summed E-state index contributed by atoms with van der Waals surface area (Å²) in [7, 11) is 0. The standard InChI is InChI=1S/C7H8N4O/c1-2-6-10-11-7(12-6)5-3-4-8-9-5/h3-4H,2H2,1H3,(H,8,9). The van der Waals surface area contributed by atoms with Crippen molar-refractivity contribution >= 4 is 0 Å². The average Bonchev–Trinajstić information content (AvgIpc) is 2.75. The van der Waals surface area contributed by atoms with E-state index in [0.29, 0.717) is 11.8 Å². The molecule has 62 valence electrons. The van der Waals surface area contributed by atoms with Gasteiger partial charge in [-0.25, -0.2) is 0 Å². The number of aromatic amines is 1. The smallest absolute Gasteiger partial charge is 0.265 e. The Bertz CT molecular complexity index is 351. The van der Waals surface area contributed by atoms with E-state index < -0.39 is 0 Å². The number of hydrogen-bond acceptors (Lipinski definition) is 4. The lowest BCUT2D eigenvalue weighted by molar-refractivity contribution is 0.511. The quantitative estimate of drug-likeness (QED) is 0.719. The fourth-order valence-electron chi connectivity index (χ4n) is 0.880. The van der Waals surface area contributed by atoms with E-state index in [2.05, 4.69) is 20.4 Å². The summed E-state index contributed by atoms with van der Waals surface area (Å²) in [6.07, 6.45) is 2.40. The van der Waals surface area contributed by atoms with E-state index >= 15 is 0 Å². The Kier molecular flexibility index (Phi) is 1.62. The summed E-state index contributed by atoms with van der Waals surface area (Å²) in [6, 6.07) is 1.78. The monoisotopic (exact) mass is 164 g/mol. The van der Waals surface area contributed by atoms with Gasteiger partial charge in [-0.3, -0.25) is 5.10 Å². The Morgan fingerprint density at radius 3 is 3.00 bits per heavy atom. The minimum atomic E-state index is 0.490. The second-order valence-corrected chi connectivity index (χ2v) is 2.32. The molecule has 5 nitrogen and oxygen atoms in total. The van der Waals surface area contributed by atoms with Crippen LogP contribution in [0.3, 0.4) is 0 Å². The molecule has 2 rings (SSSR count). The molecular formula is C7H8N4O. The Balaban J connectivity index is 2.35. The molecular weight excluding hydrogens is 156 g/mol. The minimum absolute atomic E-state index is 0.490. The van der Waals surface area contributed by atoms with Gasteiger partial charge in [-0.05, 0) is 6.07 Å². The zero-order chi connectivity index (χ0) is 8.39. The lowest BCUT2D eigenvalue weighted by Crippen LogP contribution is -1.77. The molecule has 0 radical (unpaired) electrons. The van der Waals surface area contributed by atoms with E-state index in [4.69, 9.17) is 4.42 Å². The highest BCUT2D eigenvalue weighted by atomic mass is 16.4. The Labute approximate surface area is 68.8 Å². The van der Waals surface area contributed by atoms with E-state index in [0.717, 1.165) is 12.1 Å². The van der Waals surface area contributed by atoms with E-state index in [1.807, 2.05) is 6.92 Å². The molecule has 0 saturated carbocycles. The number of H-pyrrole nitrogens is 1. The summed E-state index contributed by atoms with van der Waals surface area (Å²) in [6.45, 7) is 1.96. The summed E-state index contributed by atoms with van der Waals surface area (Å²) >= 11 is 0. The van der Waals surface area contributed by atoms with Crippen LogP contribution in [0, 0.1) is 0 Å². The van der Waals surface area contributed by atoms with Gasteiger partial charge in [0.05, 0.1) is 0 Å². The predicted molar refractivity (Wildman–Crippen MR) is 41.3 cm³/mol. The van der Waals surface area contributed by atoms with E-state index in [9.17, 15) is 0 Å². The van der Waals surface area contributed by atoms with Gasteiger partial charge in [0.15, 0.2) is 0 Å². The van der Waals surface area contributed by atoms with Crippen LogP contribution < -0.4 is 0 Å². The first-order chi connectivity index (χ1) is 5.90. The van der Waals surface area contributed by atoms with Crippen molar-refractivity contribution in [3.8, 4) is 11.6 Å². The van der Waals surface area contributed by atoms with E-state index in [1.54, 1.807) is 12.3 Å². The molecule has 0 aliphatic carbocycles. The number of hydrogen-bond donors (Lipinski definition) is 1. The molecule has 0 fully saturated rings. The third-order valence-corrected chi connectivity index (χ3v) is 1.50. The van der Waals surface area contributed by atoms with Crippen LogP contribution in [0.25, 0.3) is 11.6 Å². The van der Waals surface area contributed by atoms with Gasteiger partial charge in [-0.1, -0.05) is 6.92 Å². The fraction of sp³-hybridized carbons (Fsp3) is 0.286. The number of nitrogens with zero attached hydrogens (tertiary/aromatic N) is 3. The molecule has 2 aromatic rings. The summed E-state index contributed by atoms with van der Waals surface area (Å²) in [5.41, 5.74) is 0.752. The molecule has 2 heterocycles. The van der Waals surface area contributed by atoms with Gasteiger partial charge in [0.2, 0.25) is 5.89 Å².